The molecule has 0 saturated heterocycles. The smallest absolute Gasteiger partial charge is 0.274 e. The third-order valence-corrected chi connectivity index (χ3v) is 23.6. The van der Waals surface area contributed by atoms with Crippen LogP contribution in [-0.4, -0.2) is 57.4 Å². The van der Waals surface area contributed by atoms with Crippen molar-refractivity contribution in [3.05, 3.63) is 500 Å². The van der Waals surface area contributed by atoms with Crippen LogP contribution in [0, 0.1) is 76.4 Å². The predicted octanol–water partition coefficient (Wildman–Crippen LogP) is 27.4. The van der Waals surface area contributed by atoms with E-state index in [-0.39, 0.29) is 34.2 Å². The zero-order valence-corrected chi connectivity index (χ0v) is 76.9. The van der Waals surface area contributed by atoms with Crippen molar-refractivity contribution in [3.8, 4) is 0 Å². The minimum atomic E-state index is -1.15. The Morgan fingerprint density at radius 3 is 0.935 bits per heavy atom. The van der Waals surface area contributed by atoms with Crippen LogP contribution in [0.5, 0.6) is 0 Å². The van der Waals surface area contributed by atoms with Gasteiger partial charge in [0.1, 0.15) is 17.3 Å². The van der Waals surface area contributed by atoms with Crippen LogP contribution in [-0.2, 0) is 32.7 Å². The number of nitrogens with one attached hydrogen (secondary N) is 5. The van der Waals surface area contributed by atoms with Crippen LogP contribution in [0.25, 0.3) is 54.5 Å². The van der Waals surface area contributed by atoms with E-state index >= 15 is 0 Å². The second-order valence-electron chi connectivity index (χ2n) is 33.7. The van der Waals surface area contributed by atoms with E-state index in [1.807, 2.05) is 201 Å². The zero-order valence-electron chi connectivity index (χ0n) is 76.1. The van der Waals surface area contributed by atoms with E-state index < -0.39 is 52.6 Å². The fraction of sp³-hybridized carbons (Fsp3) is 0.0957. The molecule has 0 atom stereocenters. The molecule has 14 aromatic carbocycles. The van der Waals surface area contributed by atoms with Gasteiger partial charge >= 0.3 is 0 Å². The number of halogens is 7. The monoisotopic (exact) mass is 1860 g/mol. The molecule has 0 aliphatic heterocycles. The number of para-hydroxylation sites is 5. The number of fused-ring (bicyclic) bond motifs is 5. The number of rotatable bonds is 20. The Labute approximate surface area is 798 Å². The number of benzene rings is 14. The molecule has 0 aliphatic carbocycles. The Morgan fingerprint density at radius 1 is 0.268 bits per heavy atom. The highest BCUT2D eigenvalue weighted by molar-refractivity contribution is 6.31. The first-order valence-electron chi connectivity index (χ1n) is 44.5. The number of pyridine rings is 1. The summed E-state index contributed by atoms with van der Waals surface area (Å²) in [7, 11) is 0. The summed E-state index contributed by atoms with van der Waals surface area (Å²) in [6.07, 6.45) is 11.0. The average molecular weight is 1860 g/mol. The van der Waals surface area contributed by atoms with E-state index in [0.717, 1.165) is 138 Å². The first kappa shape index (κ1) is 94.3. The lowest BCUT2D eigenvalue weighted by atomic mass is 10.1. The van der Waals surface area contributed by atoms with Gasteiger partial charge < -0.3 is 49.4 Å². The minimum Gasteiger partial charge on any atom is -0.341 e. The molecule has 16 nitrogen and oxygen atoms in total. The van der Waals surface area contributed by atoms with E-state index in [1.165, 1.54) is 63.3 Å². The highest BCUT2D eigenvalue weighted by atomic mass is 35.5. The van der Waals surface area contributed by atoms with Crippen LogP contribution < -0.4 is 26.6 Å². The van der Waals surface area contributed by atoms with Crippen molar-refractivity contribution in [2.75, 3.05) is 26.6 Å². The molecular weight excluding hydrogens is 1760 g/mol. The average Bonchev–Trinajstić information content (AvgIpc) is 1.67. The Bertz CT molecular complexity index is 7540. The van der Waals surface area contributed by atoms with Crippen molar-refractivity contribution in [1.29, 1.82) is 0 Å². The second-order valence-corrected chi connectivity index (χ2v) is 34.2. The molecule has 5 N–H and O–H groups in total. The molecule has 23 heteroatoms. The molecule has 0 saturated carbocycles. The third kappa shape index (κ3) is 23.1. The molecule has 0 fully saturated rings. The summed E-state index contributed by atoms with van der Waals surface area (Å²) >= 11 is 5.97. The van der Waals surface area contributed by atoms with Crippen LogP contribution in [0.1, 0.15) is 113 Å². The Morgan fingerprint density at radius 2 is 0.587 bits per heavy atom. The fourth-order valence-electron chi connectivity index (χ4n) is 16.1. The van der Waals surface area contributed by atoms with Gasteiger partial charge in [-0.2, -0.15) is 0 Å². The normalized spacial score (nSPS) is 10.9. The summed E-state index contributed by atoms with van der Waals surface area (Å²) in [5.74, 6) is -7.87. The zero-order chi connectivity index (χ0) is 96.6. The maximum Gasteiger partial charge on any atom is 0.274 e. The second kappa shape index (κ2) is 43.0. The Balaban J connectivity index is 0.000000125. The topological polar surface area (TPSA) is 183 Å². The van der Waals surface area contributed by atoms with Gasteiger partial charge in [-0.3, -0.25) is 29.0 Å². The molecule has 6 aromatic heterocycles. The van der Waals surface area contributed by atoms with Crippen molar-refractivity contribution in [1.82, 2.24) is 27.8 Å². The van der Waals surface area contributed by atoms with Crippen LogP contribution in [0.3, 0.4) is 0 Å². The molecule has 20 aromatic rings. The van der Waals surface area contributed by atoms with Crippen LogP contribution in [0.4, 0.5) is 54.8 Å². The third-order valence-electron chi connectivity index (χ3n) is 23.3. The van der Waals surface area contributed by atoms with E-state index in [9.17, 15) is 50.3 Å². The molecule has 0 spiro atoms. The van der Waals surface area contributed by atoms with Crippen molar-refractivity contribution in [2.24, 2.45) is 0 Å². The van der Waals surface area contributed by atoms with Crippen molar-refractivity contribution < 1.29 is 50.3 Å². The molecule has 5 amide bonds. The molecule has 0 unspecified atom stereocenters. The van der Waals surface area contributed by atoms with Gasteiger partial charge in [-0.25, -0.2) is 26.3 Å². The molecule has 0 radical (unpaired) electrons. The van der Waals surface area contributed by atoms with Crippen LogP contribution in [0.2, 0.25) is 5.02 Å². The van der Waals surface area contributed by atoms with Crippen molar-refractivity contribution >= 4 is 124 Å². The van der Waals surface area contributed by atoms with Crippen LogP contribution in [0.15, 0.2) is 371 Å². The Kier molecular flexibility index (Phi) is 29.4. The predicted molar refractivity (Wildman–Crippen MR) is 540 cm³/mol. The summed E-state index contributed by atoms with van der Waals surface area (Å²) in [5.41, 5.74) is 21.7. The number of amides is 5. The van der Waals surface area contributed by atoms with Gasteiger partial charge in [-0.05, 0) is 172 Å². The number of carbonyl (C=O) groups is 5. The van der Waals surface area contributed by atoms with Gasteiger partial charge in [-0.15, -0.1) is 0 Å². The van der Waals surface area contributed by atoms with E-state index in [1.54, 1.807) is 12.1 Å². The van der Waals surface area contributed by atoms with E-state index in [2.05, 4.69) is 193 Å². The lowest BCUT2D eigenvalue weighted by Gasteiger charge is -2.06. The summed E-state index contributed by atoms with van der Waals surface area (Å²) in [5, 5.41) is 19.4. The van der Waals surface area contributed by atoms with Crippen LogP contribution >= 0.6 is 11.6 Å². The van der Waals surface area contributed by atoms with Crippen molar-refractivity contribution in [3.63, 3.8) is 0 Å². The summed E-state index contributed by atoms with van der Waals surface area (Å²) < 4.78 is 91.8. The largest absolute Gasteiger partial charge is 0.341 e. The standard InChI is InChI=1S/C24H22N2O.3C23H18F2N2O.C22H18ClN3O/c1-17-10-12-19(13-11-17)15-26-16-22(21-8-3-4-9-23(21)26)25-24(27)20-7-5-6-18(2)14-20;1-15-9-11-16(12-10-15)13-27-14-20(17-5-2-3-8-21(17)27)26-23(28)18-6-4-7-19(24)22(18)25;1-15-6-8-16(9-7-15)13-27-14-21(18-4-2-3-5-22(18)27)26-23(28)19-12-17(24)10-11-20(19)25;1-15-6-8-16(9-7-15)13-27-14-21(18-4-2-3-5-22(18)27)26-23(28)17-10-11-19(24)20(25)12-17;1-15-6-8-16(9-7-15)13-26-14-20(18-4-2-3-5-21(18)26)25-22(27)19-12-17(23)10-11-24-19/h3-14,16H,15H2,1-2H3,(H,25,27);3*2-12,14H,13H2,1H3,(H,26,28);2-12,14H,13H2,1H3,(H,25,27). The summed E-state index contributed by atoms with van der Waals surface area (Å²) in [4.78, 5) is 66.9. The first-order valence-corrected chi connectivity index (χ1v) is 44.9. The molecule has 6 heterocycles. The number of carbonyl (C=O) groups excluding carboxylic acids is 5. The highest BCUT2D eigenvalue weighted by Gasteiger charge is 2.23. The molecule has 0 bridgehead atoms. The summed E-state index contributed by atoms with van der Waals surface area (Å²) in [6.45, 7) is 15.7. The first-order chi connectivity index (χ1) is 66.7. The van der Waals surface area contributed by atoms with Gasteiger partial charge in [-0.1, -0.05) is 276 Å². The van der Waals surface area contributed by atoms with Gasteiger partial charge in [0.2, 0.25) is 0 Å². The quantitative estimate of drug-likeness (QED) is 0.0473. The van der Waals surface area contributed by atoms with E-state index in [4.69, 9.17) is 11.6 Å². The van der Waals surface area contributed by atoms with Gasteiger partial charge in [0, 0.05) is 113 Å². The maximum atomic E-state index is 14.0. The lowest BCUT2D eigenvalue weighted by molar-refractivity contribution is 0.101. The fourth-order valence-corrected chi connectivity index (χ4v) is 16.3. The number of anilines is 5. The lowest BCUT2D eigenvalue weighted by Crippen LogP contribution is -2.14. The Hall–Kier alpha value is -16.9. The number of aromatic nitrogens is 6. The minimum absolute atomic E-state index is 0.0641. The molecule has 138 heavy (non-hydrogen) atoms. The molecule has 20 rings (SSSR count). The number of hydrogen-bond donors (Lipinski definition) is 5. The van der Waals surface area contributed by atoms with Gasteiger partial charge in [0.05, 0.1) is 67.1 Å². The molecule has 0 aliphatic rings. The van der Waals surface area contributed by atoms with Crippen molar-refractivity contribution in [2.45, 2.75) is 74.3 Å². The SMILES string of the molecule is Cc1ccc(Cn2cc(NC(=O)c3cc(Cl)ccn3)c3ccccc32)cc1.Cc1ccc(Cn2cc(NC(=O)c3cc(F)ccc3F)c3ccccc32)cc1.Cc1ccc(Cn2cc(NC(=O)c3ccc(F)c(F)c3)c3ccccc32)cc1.Cc1ccc(Cn2cc(NC(=O)c3cccc(C)c3)c3ccccc32)cc1.Cc1ccc(Cn2cc(NC(=O)c3cccc(F)c3F)c3ccccc32)cc1. The number of hydrogen-bond acceptors (Lipinski definition) is 6. The maximum absolute atomic E-state index is 14.0. The van der Waals surface area contributed by atoms with Gasteiger partial charge in [0.15, 0.2) is 23.3 Å². The van der Waals surface area contributed by atoms with E-state index in [0.29, 0.717) is 47.3 Å². The van der Waals surface area contributed by atoms with Gasteiger partial charge in [0.25, 0.3) is 29.5 Å². The highest BCUT2D eigenvalue weighted by Crippen LogP contribution is 2.35. The number of nitrogens with zero attached hydrogens (tertiary/aromatic N) is 6. The summed E-state index contributed by atoms with van der Waals surface area (Å²) in [6, 6.07) is 101. The number of aryl methyl sites for hydroxylation is 6. The molecular formula is C115H94ClF6N11O5. The molecule has 688 valence electrons.